The van der Waals surface area contributed by atoms with Gasteiger partial charge in [0.15, 0.2) is 5.58 Å². The van der Waals surface area contributed by atoms with Crippen LogP contribution in [0.2, 0.25) is 0 Å². The molecule has 9 aromatic carbocycles. The van der Waals surface area contributed by atoms with Gasteiger partial charge in [0.25, 0.3) is 0 Å². The summed E-state index contributed by atoms with van der Waals surface area (Å²) >= 11 is 1.85. The Labute approximate surface area is 309 Å². The van der Waals surface area contributed by atoms with Crippen LogP contribution in [0.5, 0.6) is 0 Å². The number of benzene rings is 9. The number of anilines is 3. The molecule has 11 rings (SSSR count). The van der Waals surface area contributed by atoms with Crippen LogP contribution in [-0.4, -0.2) is 4.98 Å². The summed E-state index contributed by atoms with van der Waals surface area (Å²) in [5, 5.41) is 9.57. The summed E-state index contributed by atoms with van der Waals surface area (Å²) in [6, 6.07) is 65.1. The first-order chi connectivity index (χ1) is 26.3. The average Bonchev–Trinajstić information content (AvgIpc) is 3.83. The molecule has 0 saturated carbocycles. The van der Waals surface area contributed by atoms with Crippen molar-refractivity contribution in [3.63, 3.8) is 0 Å². The van der Waals surface area contributed by atoms with Crippen LogP contribution < -0.4 is 4.90 Å². The third-order valence-corrected chi connectivity index (χ3v) is 11.6. The van der Waals surface area contributed by atoms with Gasteiger partial charge < -0.3 is 9.32 Å². The molecule has 0 radical (unpaired) electrons. The van der Waals surface area contributed by atoms with E-state index in [1.807, 2.05) is 41.7 Å². The molecular formula is C49H30N2OS. The highest BCUT2D eigenvalue weighted by molar-refractivity contribution is 7.25. The first kappa shape index (κ1) is 29.9. The van der Waals surface area contributed by atoms with Crippen molar-refractivity contribution in [3.05, 3.63) is 182 Å². The zero-order valence-corrected chi connectivity index (χ0v) is 29.3. The standard InChI is InChI=1S/C49H30N2OS/c1-3-12-32(13-4-1)49-50-43-27-24-31-22-23-34-29-42(38-18-7-8-20-41(38)46(34)47(31)48(43)52-49)33-14-11-17-36(28-33)51(35-15-5-2-6-16-35)37-25-26-40-39-19-9-10-21-44(39)53-45(40)30-37/h1-30H. The van der Waals surface area contributed by atoms with E-state index in [0.717, 1.165) is 55.4 Å². The number of hydrogen-bond acceptors (Lipinski definition) is 4. The molecule has 11 aromatic rings. The van der Waals surface area contributed by atoms with E-state index in [2.05, 4.69) is 157 Å². The molecule has 248 valence electrons. The van der Waals surface area contributed by atoms with E-state index < -0.39 is 0 Å². The molecule has 0 aliphatic heterocycles. The minimum absolute atomic E-state index is 0.636. The maximum Gasteiger partial charge on any atom is 0.227 e. The van der Waals surface area contributed by atoms with E-state index in [9.17, 15) is 0 Å². The number of para-hydroxylation sites is 1. The molecule has 0 aliphatic rings. The number of thiophene rings is 1. The highest BCUT2D eigenvalue weighted by atomic mass is 32.1. The Morgan fingerprint density at radius 2 is 1.09 bits per heavy atom. The number of nitrogens with zero attached hydrogens (tertiary/aromatic N) is 2. The number of fused-ring (bicyclic) bond motifs is 10. The average molecular weight is 695 g/mol. The predicted molar refractivity (Wildman–Crippen MR) is 225 cm³/mol. The molecule has 3 nitrogen and oxygen atoms in total. The topological polar surface area (TPSA) is 29.3 Å². The van der Waals surface area contributed by atoms with E-state index in [4.69, 9.17) is 9.40 Å². The van der Waals surface area contributed by atoms with E-state index in [0.29, 0.717) is 5.89 Å². The number of aromatic nitrogens is 1. The Morgan fingerprint density at radius 1 is 0.434 bits per heavy atom. The van der Waals surface area contributed by atoms with Crippen LogP contribution in [0, 0.1) is 0 Å². The Kier molecular flexibility index (Phi) is 6.73. The van der Waals surface area contributed by atoms with E-state index in [-0.39, 0.29) is 0 Å². The van der Waals surface area contributed by atoms with Gasteiger partial charge in [-0.2, -0.15) is 0 Å². The molecule has 2 heterocycles. The summed E-state index contributed by atoms with van der Waals surface area (Å²) in [5.74, 6) is 0.636. The number of oxazole rings is 1. The lowest BCUT2D eigenvalue weighted by Crippen LogP contribution is -2.09. The summed E-state index contributed by atoms with van der Waals surface area (Å²) in [5.41, 5.74) is 8.36. The van der Waals surface area contributed by atoms with Crippen molar-refractivity contribution in [2.45, 2.75) is 0 Å². The van der Waals surface area contributed by atoms with Crippen molar-refractivity contribution < 1.29 is 4.42 Å². The first-order valence-electron chi connectivity index (χ1n) is 17.9. The van der Waals surface area contributed by atoms with Crippen LogP contribution in [0.15, 0.2) is 186 Å². The van der Waals surface area contributed by atoms with E-state index >= 15 is 0 Å². The smallest absolute Gasteiger partial charge is 0.227 e. The summed E-state index contributed by atoms with van der Waals surface area (Å²) in [6.07, 6.45) is 0. The van der Waals surface area contributed by atoms with Crippen LogP contribution >= 0.6 is 11.3 Å². The maximum absolute atomic E-state index is 6.59. The Morgan fingerprint density at radius 3 is 1.96 bits per heavy atom. The molecule has 0 unspecified atom stereocenters. The highest BCUT2D eigenvalue weighted by Gasteiger charge is 2.19. The quantitative estimate of drug-likeness (QED) is 0.168. The summed E-state index contributed by atoms with van der Waals surface area (Å²) in [4.78, 5) is 7.29. The van der Waals surface area contributed by atoms with Crippen molar-refractivity contribution in [1.82, 2.24) is 4.98 Å². The van der Waals surface area contributed by atoms with Crippen LogP contribution in [0.4, 0.5) is 17.1 Å². The fourth-order valence-electron chi connectivity index (χ4n) is 8.02. The van der Waals surface area contributed by atoms with Crippen molar-refractivity contribution in [1.29, 1.82) is 0 Å². The minimum atomic E-state index is 0.636. The molecular weight excluding hydrogens is 665 g/mol. The molecule has 0 N–H and O–H groups in total. The van der Waals surface area contributed by atoms with Crippen LogP contribution in [0.25, 0.3) is 86.2 Å². The van der Waals surface area contributed by atoms with Gasteiger partial charge in [-0.05, 0) is 99.4 Å². The highest BCUT2D eigenvalue weighted by Crippen LogP contribution is 2.44. The summed E-state index contributed by atoms with van der Waals surface area (Å²) < 4.78 is 9.19. The molecule has 0 atom stereocenters. The first-order valence-corrected chi connectivity index (χ1v) is 18.7. The van der Waals surface area contributed by atoms with Crippen molar-refractivity contribution in [2.24, 2.45) is 0 Å². The Hall–Kier alpha value is -6.75. The second kappa shape index (κ2) is 11.9. The lowest BCUT2D eigenvalue weighted by atomic mass is 9.90. The van der Waals surface area contributed by atoms with Crippen molar-refractivity contribution >= 4 is 92.0 Å². The molecule has 0 spiro atoms. The van der Waals surface area contributed by atoms with E-state index in [1.54, 1.807) is 0 Å². The van der Waals surface area contributed by atoms with Crippen molar-refractivity contribution in [3.8, 4) is 22.6 Å². The van der Waals surface area contributed by atoms with Crippen LogP contribution in [-0.2, 0) is 0 Å². The SMILES string of the molecule is c1ccc(-c2nc3ccc4ccc5cc(-c6cccc(N(c7ccccc7)c7ccc8c(c7)sc7ccccc78)c6)c6ccccc6c5c4c3o2)cc1. The van der Waals surface area contributed by atoms with Gasteiger partial charge in [0, 0.05) is 53.6 Å². The normalized spacial score (nSPS) is 11.8. The molecule has 0 saturated heterocycles. The van der Waals surface area contributed by atoms with Crippen molar-refractivity contribution in [2.75, 3.05) is 4.90 Å². The molecule has 0 aliphatic carbocycles. The Bertz CT molecular complexity index is 3180. The van der Waals surface area contributed by atoms with Gasteiger partial charge in [-0.3, -0.25) is 0 Å². The molecule has 0 bridgehead atoms. The number of rotatable bonds is 5. The largest absolute Gasteiger partial charge is 0.435 e. The minimum Gasteiger partial charge on any atom is -0.435 e. The van der Waals surface area contributed by atoms with Gasteiger partial charge in [-0.25, -0.2) is 4.98 Å². The predicted octanol–water partition coefficient (Wildman–Crippen LogP) is 14.5. The zero-order chi connectivity index (χ0) is 34.9. The fourth-order valence-corrected chi connectivity index (χ4v) is 9.16. The fraction of sp³-hybridized carbons (Fsp3) is 0. The van der Waals surface area contributed by atoms with E-state index in [1.165, 1.54) is 41.9 Å². The second-order valence-corrected chi connectivity index (χ2v) is 14.6. The maximum atomic E-state index is 6.59. The van der Waals surface area contributed by atoms with Crippen LogP contribution in [0.3, 0.4) is 0 Å². The van der Waals surface area contributed by atoms with Gasteiger partial charge in [0.1, 0.15) is 5.52 Å². The summed E-state index contributed by atoms with van der Waals surface area (Å²) in [7, 11) is 0. The van der Waals surface area contributed by atoms with Gasteiger partial charge in [-0.15, -0.1) is 11.3 Å². The van der Waals surface area contributed by atoms with Gasteiger partial charge in [0.05, 0.1) is 0 Å². The third-order valence-electron chi connectivity index (χ3n) is 10.4. The van der Waals surface area contributed by atoms with Gasteiger partial charge >= 0.3 is 0 Å². The second-order valence-electron chi connectivity index (χ2n) is 13.5. The Balaban J connectivity index is 1.11. The third kappa shape index (κ3) is 4.84. The number of hydrogen-bond donors (Lipinski definition) is 0. The monoisotopic (exact) mass is 694 g/mol. The summed E-state index contributed by atoms with van der Waals surface area (Å²) in [6.45, 7) is 0. The lowest BCUT2D eigenvalue weighted by Gasteiger charge is -2.26. The van der Waals surface area contributed by atoms with Gasteiger partial charge in [-0.1, -0.05) is 115 Å². The van der Waals surface area contributed by atoms with Gasteiger partial charge in [0.2, 0.25) is 5.89 Å². The lowest BCUT2D eigenvalue weighted by molar-refractivity contribution is 0.623. The molecule has 4 heteroatoms. The molecule has 0 amide bonds. The molecule has 0 fully saturated rings. The molecule has 53 heavy (non-hydrogen) atoms. The molecule has 2 aromatic heterocycles. The van der Waals surface area contributed by atoms with Crippen LogP contribution in [0.1, 0.15) is 0 Å². The zero-order valence-electron chi connectivity index (χ0n) is 28.5.